The van der Waals surface area contributed by atoms with Gasteiger partial charge in [-0.2, -0.15) is 5.10 Å². The van der Waals surface area contributed by atoms with Crippen LogP contribution in [-0.2, 0) is 6.54 Å². The molecule has 3 aromatic rings. The number of hydrogen-bond donors (Lipinski definition) is 0. The van der Waals surface area contributed by atoms with Crippen molar-refractivity contribution in [2.75, 3.05) is 0 Å². The summed E-state index contributed by atoms with van der Waals surface area (Å²) in [5.74, 6) is -0.209. The Morgan fingerprint density at radius 3 is 2.41 bits per heavy atom. The van der Waals surface area contributed by atoms with Crippen molar-refractivity contribution in [3.8, 4) is 0 Å². The number of carbonyl (C=O) groups is 1. The molecule has 0 atom stereocenters. The fourth-order valence-electron chi connectivity index (χ4n) is 2.86. The quantitative estimate of drug-likeness (QED) is 0.283. The SMILES string of the molecule is Cc1nn(Cc2ccccc2)c(C)c1/C=C/C(=O)c1ccc([N+](=O)[O-])cc1. The molecule has 3 rings (SSSR count). The van der Waals surface area contributed by atoms with Crippen LogP contribution in [0.3, 0.4) is 0 Å². The van der Waals surface area contributed by atoms with Crippen LogP contribution in [0.4, 0.5) is 5.69 Å². The first-order valence-electron chi connectivity index (χ1n) is 8.50. The van der Waals surface area contributed by atoms with Gasteiger partial charge in [-0.05, 0) is 43.7 Å². The summed E-state index contributed by atoms with van der Waals surface area (Å²) in [6.45, 7) is 4.54. The number of rotatable bonds is 6. The van der Waals surface area contributed by atoms with E-state index in [0.29, 0.717) is 12.1 Å². The zero-order chi connectivity index (χ0) is 19.4. The van der Waals surface area contributed by atoms with Gasteiger partial charge < -0.3 is 0 Å². The monoisotopic (exact) mass is 361 g/mol. The maximum absolute atomic E-state index is 12.3. The van der Waals surface area contributed by atoms with Crippen molar-refractivity contribution >= 4 is 17.5 Å². The van der Waals surface area contributed by atoms with Crippen molar-refractivity contribution in [1.82, 2.24) is 9.78 Å². The highest BCUT2D eigenvalue weighted by molar-refractivity contribution is 6.07. The largest absolute Gasteiger partial charge is 0.289 e. The molecule has 0 aliphatic heterocycles. The Labute approximate surface area is 156 Å². The Hall–Kier alpha value is -3.54. The highest BCUT2D eigenvalue weighted by Gasteiger charge is 2.11. The highest BCUT2D eigenvalue weighted by atomic mass is 16.6. The molecule has 0 N–H and O–H groups in total. The fourth-order valence-corrected chi connectivity index (χ4v) is 2.86. The van der Waals surface area contributed by atoms with Crippen LogP contribution >= 0.6 is 0 Å². The van der Waals surface area contributed by atoms with Gasteiger partial charge in [-0.1, -0.05) is 30.3 Å². The van der Waals surface area contributed by atoms with Crippen molar-refractivity contribution in [2.24, 2.45) is 0 Å². The minimum absolute atomic E-state index is 0.0376. The van der Waals surface area contributed by atoms with Crippen molar-refractivity contribution in [3.63, 3.8) is 0 Å². The molecule has 0 saturated heterocycles. The van der Waals surface area contributed by atoms with Crippen molar-refractivity contribution in [1.29, 1.82) is 0 Å². The second-order valence-corrected chi connectivity index (χ2v) is 6.23. The van der Waals surface area contributed by atoms with E-state index < -0.39 is 4.92 Å². The predicted octanol–water partition coefficient (Wildman–Crippen LogP) is 4.35. The van der Waals surface area contributed by atoms with Crippen LogP contribution in [0.15, 0.2) is 60.7 Å². The summed E-state index contributed by atoms with van der Waals surface area (Å²) < 4.78 is 1.92. The lowest BCUT2D eigenvalue weighted by molar-refractivity contribution is -0.384. The number of nitrogens with zero attached hydrogens (tertiary/aromatic N) is 3. The summed E-state index contributed by atoms with van der Waals surface area (Å²) in [7, 11) is 0. The molecule has 0 bridgehead atoms. The van der Waals surface area contributed by atoms with Crippen molar-refractivity contribution < 1.29 is 9.72 Å². The van der Waals surface area contributed by atoms with Gasteiger partial charge in [0.25, 0.3) is 5.69 Å². The Kier molecular flexibility index (Phi) is 5.26. The lowest BCUT2D eigenvalue weighted by Crippen LogP contribution is -2.03. The first-order chi connectivity index (χ1) is 13.0. The number of non-ortho nitro benzene ring substituents is 1. The van der Waals surface area contributed by atoms with E-state index in [0.717, 1.165) is 22.5 Å². The Morgan fingerprint density at radius 1 is 1.11 bits per heavy atom. The second kappa shape index (κ2) is 7.78. The molecule has 1 heterocycles. The average Bonchev–Trinajstić information content (AvgIpc) is 2.93. The van der Waals surface area contributed by atoms with E-state index in [1.165, 1.54) is 30.3 Å². The average molecular weight is 361 g/mol. The first-order valence-corrected chi connectivity index (χ1v) is 8.50. The molecule has 0 amide bonds. The molecule has 0 radical (unpaired) electrons. The van der Waals surface area contributed by atoms with E-state index in [1.54, 1.807) is 6.08 Å². The number of aromatic nitrogens is 2. The maximum atomic E-state index is 12.3. The Balaban J connectivity index is 1.78. The van der Waals surface area contributed by atoms with Crippen LogP contribution in [-0.4, -0.2) is 20.5 Å². The standard InChI is InChI=1S/C21H19N3O3/c1-15-20(16(2)23(22-15)14-17-6-4-3-5-7-17)12-13-21(25)18-8-10-19(11-9-18)24(26)27/h3-13H,14H2,1-2H3/b13-12+. The third-order valence-electron chi connectivity index (χ3n) is 4.38. The molecular weight excluding hydrogens is 342 g/mol. The number of carbonyl (C=O) groups excluding carboxylic acids is 1. The van der Waals surface area contributed by atoms with Crippen LogP contribution in [0.25, 0.3) is 6.08 Å². The number of ketones is 1. The summed E-state index contributed by atoms with van der Waals surface area (Å²) in [5.41, 5.74) is 4.25. The third kappa shape index (κ3) is 4.17. The lowest BCUT2D eigenvalue weighted by atomic mass is 10.1. The molecule has 0 aliphatic rings. The molecule has 6 heteroatoms. The van der Waals surface area contributed by atoms with E-state index in [9.17, 15) is 14.9 Å². The summed E-state index contributed by atoms with van der Waals surface area (Å²) in [5, 5.41) is 15.3. The first kappa shape index (κ1) is 18.3. The molecule has 2 aromatic carbocycles. The van der Waals surface area contributed by atoms with E-state index in [1.807, 2.05) is 48.9 Å². The van der Waals surface area contributed by atoms with Crippen molar-refractivity contribution in [3.05, 3.63) is 98.9 Å². The molecule has 0 unspecified atom stereocenters. The number of allylic oxidation sites excluding steroid dienone is 1. The summed E-state index contributed by atoms with van der Waals surface area (Å²) in [4.78, 5) is 22.5. The highest BCUT2D eigenvalue weighted by Crippen LogP contribution is 2.18. The second-order valence-electron chi connectivity index (χ2n) is 6.23. The summed E-state index contributed by atoms with van der Waals surface area (Å²) >= 11 is 0. The van der Waals surface area contributed by atoms with Gasteiger partial charge in [0.2, 0.25) is 0 Å². The van der Waals surface area contributed by atoms with Gasteiger partial charge in [0.1, 0.15) is 0 Å². The normalized spacial score (nSPS) is 11.0. The zero-order valence-electron chi connectivity index (χ0n) is 15.1. The van der Waals surface area contributed by atoms with Gasteiger partial charge in [0.15, 0.2) is 5.78 Å². The molecule has 0 spiro atoms. The maximum Gasteiger partial charge on any atom is 0.269 e. The Morgan fingerprint density at radius 2 is 1.78 bits per heavy atom. The zero-order valence-corrected chi connectivity index (χ0v) is 15.1. The summed E-state index contributed by atoms with van der Waals surface area (Å²) in [6.07, 6.45) is 3.23. The van der Waals surface area contributed by atoms with Gasteiger partial charge in [0.05, 0.1) is 17.2 Å². The predicted molar refractivity (Wildman–Crippen MR) is 104 cm³/mol. The van der Waals surface area contributed by atoms with Crippen LogP contribution < -0.4 is 0 Å². The number of aryl methyl sites for hydroxylation is 1. The van der Waals surface area contributed by atoms with Crippen molar-refractivity contribution in [2.45, 2.75) is 20.4 Å². The van der Waals surface area contributed by atoms with Gasteiger partial charge >= 0.3 is 0 Å². The number of hydrogen-bond acceptors (Lipinski definition) is 4. The molecule has 27 heavy (non-hydrogen) atoms. The molecule has 0 fully saturated rings. The lowest BCUT2D eigenvalue weighted by Gasteiger charge is -2.04. The van der Waals surface area contributed by atoms with E-state index in [-0.39, 0.29) is 11.5 Å². The van der Waals surface area contributed by atoms with E-state index in [4.69, 9.17) is 0 Å². The molecule has 6 nitrogen and oxygen atoms in total. The van der Waals surface area contributed by atoms with Crippen LogP contribution in [0.5, 0.6) is 0 Å². The fraction of sp³-hybridized carbons (Fsp3) is 0.143. The van der Waals surface area contributed by atoms with Gasteiger partial charge in [-0.25, -0.2) is 0 Å². The van der Waals surface area contributed by atoms with Crippen LogP contribution in [0, 0.1) is 24.0 Å². The minimum atomic E-state index is -0.488. The molecule has 1 aromatic heterocycles. The summed E-state index contributed by atoms with van der Waals surface area (Å²) in [6, 6.07) is 15.6. The molecule has 0 saturated carbocycles. The minimum Gasteiger partial charge on any atom is -0.289 e. The number of benzene rings is 2. The molecule has 0 aliphatic carbocycles. The Bertz CT molecular complexity index is 1000. The number of nitro groups is 1. The topological polar surface area (TPSA) is 78.0 Å². The molecular formula is C21H19N3O3. The number of nitro benzene ring substituents is 1. The smallest absolute Gasteiger partial charge is 0.269 e. The van der Waals surface area contributed by atoms with Gasteiger partial charge in [0, 0.05) is 29.0 Å². The van der Waals surface area contributed by atoms with Crippen LogP contribution in [0.2, 0.25) is 0 Å². The van der Waals surface area contributed by atoms with Crippen LogP contribution in [0.1, 0.15) is 32.9 Å². The van der Waals surface area contributed by atoms with Gasteiger partial charge in [-0.15, -0.1) is 0 Å². The van der Waals surface area contributed by atoms with E-state index in [2.05, 4.69) is 5.10 Å². The molecule has 136 valence electrons. The van der Waals surface area contributed by atoms with Gasteiger partial charge in [-0.3, -0.25) is 19.6 Å². The van der Waals surface area contributed by atoms with E-state index >= 15 is 0 Å². The third-order valence-corrected chi connectivity index (χ3v) is 4.38.